The van der Waals surface area contributed by atoms with Crippen LogP contribution in [-0.2, 0) is 16.3 Å². The van der Waals surface area contributed by atoms with Crippen LogP contribution < -0.4 is 0 Å². The van der Waals surface area contributed by atoms with Gasteiger partial charge < -0.3 is 9.63 Å². The van der Waals surface area contributed by atoms with E-state index in [2.05, 4.69) is 10.1 Å². The summed E-state index contributed by atoms with van der Waals surface area (Å²) in [5.74, 6) is 0.959. The monoisotopic (exact) mass is 260 g/mol. The number of nitrogens with zero attached hydrogens (tertiary/aromatic N) is 2. The van der Waals surface area contributed by atoms with Crippen molar-refractivity contribution in [1.29, 1.82) is 0 Å². The second kappa shape index (κ2) is 4.73. The Morgan fingerprint density at radius 1 is 1.59 bits per heavy atom. The number of rotatable bonds is 4. The summed E-state index contributed by atoms with van der Waals surface area (Å²) in [4.78, 5) is 4.14. The van der Waals surface area contributed by atoms with E-state index >= 15 is 0 Å². The number of aliphatic hydroxyl groups is 1. The molecule has 0 amide bonds. The Bertz CT molecular complexity index is 482. The molecule has 1 aliphatic heterocycles. The van der Waals surface area contributed by atoms with E-state index < -0.39 is 15.9 Å². The number of hydrogen-bond acceptors (Lipinski definition) is 6. The summed E-state index contributed by atoms with van der Waals surface area (Å²) in [7, 11) is -2.93. The van der Waals surface area contributed by atoms with Gasteiger partial charge in [0.25, 0.3) is 0 Å². The van der Waals surface area contributed by atoms with Gasteiger partial charge in [0.05, 0.1) is 24.0 Å². The molecule has 1 aromatic rings. The molecule has 2 rings (SSSR count). The van der Waals surface area contributed by atoms with Crippen molar-refractivity contribution in [3.8, 4) is 0 Å². The average Bonchev–Trinajstić information content (AvgIpc) is 2.84. The molecular formula is C10H16N2O4S. The molecule has 2 heterocycles. The molecule has 2 unspecified atom stereocenters. The second-order valence-electron chi connectivity index (χ2n) is 4.41. The van der Waals surface area contributed by atoms with Crippen molar-refractivity contribution in [2.24, 2.45) is 0 Å². The zero-order valence-electron chi connectivity index (χ0n) is 9.66. The van der Waals surface area contributed by atoms with Crippen LogP contribution in [0.25, 0.3) is 0 Å². The van der Waals surface area contributed by atoms with Gasteiger partial charge in [-0.25, -0.2) is 8.42 Å². The summed E-state index contributed by atoms with van der Waals surface area (Å²) < 4.78 is 27.6. The van der Waals surface area contributed by atoms with Crippen LogP contribution in [0, 0.1) is 0 Å². The van der Waals surface area contributed by atoms with Crippen molar-refractivity contribution in [2.75, 3.05) is 11.5 Å². The standard InChI is InChI=1S/C10H16N2O4S/c1-2-8(13)5-9-11-10(12-16-9)7-3-4-17(14,15)6-7/h7-8,13H,2-6H2,1H3. The summed E-state index contributed by atoms with van der Waals surface area (Å²) in [6.45, 7) is 1.87. The molecule has 1 N–H and O–H groups in total. The Balaban J connectivity index is 2.04. The van der Waals surface area contributed by atoms with Crippen LogP contribution in [0.3, 0.4) is 0 Å². The molecule has 1 saturated heterocycles. The lowest BCUT2D eigenvalue weighted by molar-refractivity contribution is 0.158. The number of sulfone groups is 1. The van der Waals surface area contributed by atoms with Crippen molar-refractivity contribution in [1.82, 2.24) is 10.1 Å². The van der Waals surface area contributed by atoms with E-state index in [9.17, 15) is 13.5 Å². The maximum absolute atomic E-state index is 11.3. The van der Waals surface area contributed by atoms with Gasteiger partial charge in [-0.1, -0.05) is 12.1 Å². The van der Waals surface area contributed by atoms with Gasteiger partial charge in [-0.3, -0.25) is 0 Å². The first-order valence-electron chi connectivity index (χ1n) is 5.71. The maximum Gasteiger partial charge on any atom is 0.229 e. The summed E-state index contributed by atoms with van der Waals surface area (Å²) >= 11 is 0. The van der Waals surface area contributed by atoms with Gasteiger partial charge in [0.1, 0.15) is 0 Å². The molecule has 0 spiro atoms. The lowest BCUT2D eigenvalue weighted by Gasteiger charge is -2.01. The highest BCUT2D eigenvalue weighted by molar-refractivity contribution is 7.91. The predicted octanol–water partition coefficient (Wildman–Crippen LogP) is 0.285. The molecular weight excluding hydrogens is 244 g/mol. The normalized spacial score (nSPS) is 24.9. The maximum atomic E-state index is 11.3. The molecule has 1 fully saturated rings. The van der Waals surface area contributed by atoms with Crippen molar-refractivity contribution in [2.45, 2.75) is 38.2 Å². The zero-order chi connectivity index (χ0) is 12.5. The van der Waals surface area contributed by atoms with Crippen LogP contribution in [0.15, 0.2) is 4.52 Å². The van der Waals surface area contributed by atoms with Crippen LogP contribution in [0.4, 0.5) is 0 Å². The molecule has 1 aromatic heterocycles. The molecule has 7 heteroatoms. The molecule has 0 radical (unpaired) electrons. The van der Waals surface area contributed by atoms with Crippen LogP contribution in [0.5, 0.6) is 0 Å². The summed E-state index contributed by atoms with van der Waals surface area (Å²) in [6, 6.07) is 0. The van der Waals surface area contributed by atoms with Gasteiger partial charge in [0.15, 0.2) is 15.7 Å². The van der Waals surface area contributed by atoms with Crippen molar-refractivity contribution in [3.05, 3.63) is 11.7 Å². The highest BCUT2D eigenvalue weighted by Crippen LogP contribution is 2.26. The first kappa shape index (κ1) is 12.5. The van der Waals surface area contributed by atoms with Gasteiger partial charge in [-0.05, 0) is 12.8 Å². The minimum atomic E-state index is -2.93. The van der Waals surface area contributed by atoms with E-state index in [4.69, 9.17) is 4.52 Å². The Hall–Kier alpha value is -0.950. The van der Waals surface area contributed by atoms with Gasteiger partial charge in [-0.2, -0.15) is 4.98 Å². The minimum absolute atomic E-state index is 0.0995. The average molecular weight is 260 g/mol. The van der Waals surface area contributed by atoms with E-state index in [1.165, 1.54) is 0 Å². The second-order valence-corrected chi connectivity index (χ2v) is 6.64. The molecule has 0 saturated carbocycles. The Kier molecular flexibility index (Phi) is 3.48. The van der Waals surface area contributed by atoms with E-state index in [1.807, 2.05) is 6.92 Å². The summed E-state index contributed by atoms with van der Waals surface area (Å²) in [5, 5.41) is 13.2. The Labute approximate surface area is 99.9 Å². The number of aromatic nitrogens is 2. The third-order valence-corrected chi connectivity index (χ3v) is 4.73. The van der Waals surface area contributed by atoms with Gasteiger partial charge in [0, 0.05) is 5.92 Å². The van der Waals surface area contributed by atoms with Crippen molar-refractivity contribution in [3.63, 3.8) is 0 Å². The summed E-state index contributed by atoms with van der Waals surface area (Å²) in [6.07, 6.45) is 1.01. The molecule has 0 aliphatic carbocycles. The molecule has 96 valence electrons. The topological polar surface area (TPSA) is 93.3 Å². The van der Waals surface area contributed by atoms with Crippen molar-refractivity contribution < 1.29 is 18.0 Å². The third kappa shape index (κ3) is 3.04. The highest BCUT2D eigenvalue weighted by Gasteiger charge is 2.32. The van der Waals surface area contributed by atoms with Gasteiger partial charge >= 0.3 is 0 Å². The molecule has 0 aromatic carbocycles. The Morgan fingerprint density at radius 3 is 2.94 bits per heavy atom. The fourth-order valence-corrected chi connectivity index (χ4v) is 3.60. The van der Waals surface area contributed by atoms with Gasteiger partial charge in [-0.15, -0.1) is 0 Å². The molecule has 0 bridgehead atoms. The molecule has 6 nitrogen and oxygen atoms in total. The number of hydrogen-bond donors (Lipinski definition) is 1. The van der Waals surface area contributed by atoms with E-state index in [0.717, 1.165) is 0 Å². The lowest BCUT2D eigenvalue weighted by atomic mass is 10.1. The van der Waals surface area contributed by atoms with Crippen molar-refractivity contribution >= 4 is 9.84 Å². The van der Waals surface area contributed by atoms with Crippen LogP contribution in [0.1, 0.15) is 37.4 Å². The highest BCUT2D eigenvalue weighted by atomic mass is 32.2. The molecule has 17 heavy (non-hydrogen) atoms. The van der Waals surface area contributed by atoms with E-state index in [-0.39, 0.29) is 17.4 Å². The first-order chi connectivity index (χ1) is 8.00. The first-order valence-corrected chi connectivity index (χ1v) is 7.53. The Morgan fingerprint density at radius 2 is 2.35 bits per heavy atom. The largest absolute Gasteiger partial charge is 0.393 e. The quantitative estimate of drug-likeness (QED) is 0.836. The van der Waals surface area contributed by atoms with E-state index in [0.29, 0.717) is 31.0 Å². The summed E-state index contributed by atoms with van der Waals surface area (Å²) in [5.41, 5.74) is 0. The fourth-order valence-electron chi connectivity index (χ4n) is 1.86. The van der Waals surface area contributed by atoms with Crippen LogP contribution in [-0.4, -0.2) is 41.3 Å². The minimum Gasteiger partial charge on any atom is -0.393 e. The third-order valence-electron chi connectivity index (χ3n) is 2.96. The van der Waals surface area contributed by atoms with Gasteiger partial charge in [0.2, 0.25) is 5.89 Å². The fraction of sp³-hybridized carbons (Fsp3) is 0.800. The van der Waals surface area contributed by atoms with E-state index in [1.54, 1.807) is 0 Å². The number of aliphatic hydroxyl groups excluding tert-OH is 1. The lowest BCUT2D eigenvalue weighted by Crippen LogP contribution is -2.09. The van der Waals surface area contributed by atoms with Crippen LogP contribution in [0.2, 0.25) is 0 Å². The SMILES string of the molecule is CCC(O)Cc1nc(C2CCS(=O)(=O)C2)no1. The smallest absolute Gasteiger partial charge is 0.229 e. The predicted molar refractivity (Wildman–Crippen MR) is 60.3 cm³/mol. The molecule has 1 aliphatic rings. The zero-order valence-corrected chi connectivity index (χ0v) is 10.5. The molecule has 2 atom stereocenters. The van der Waals surface area contributed by atoms with Crippen LogP contribution >= 0.6 is 0 Å².